The lowest BCUT2D eigenvalue weighted by Gasteiger charge is -2.13. The van der Waals surface area contributed by atoms with Crippen molar-refractivity contribution in [2.75, 3.05) is 13.7 Å². The molecule has 1 aromatic carbocycles. The molecule has 2 nitrogen and oxygen atoms in total. The van der Waals surface area contributed by atoms with E-state index in [1.807, 2.05) is 6.92 Å². The van der Waals surface area contributed by atoms with E-state index in [0.717, 1.165) is 0 Å². The minimum atomic E-state index is -0.278. The molecule has 1 rings (SSSR count). The lowest BCUT2D eigenvalue weighted by Crippen LogP contribution is -2.30. The number of benzene rings is 1. The molecule has 1 atom stereocenters. The molecule has 0 aliphatic carbocycles. The smallest absolute Gasteiger partial charge is 0.129 e. The fourth-order valence-electron chi connectivity index (χ4n) is 1.29. The number of halogens is 2. The number of nitrogens with one attached hydrogen (secondary N) is 1. The maximum absolute atomic E-state index is 13.3. The fourth-order valence-corrected chi connectivity index (χ4v) is 1.52. The largest absolute Gasteiger partial charge is 0.383 e. The summed E-state index contributed by atoms with van der Waals surface area (Å²) in [7, 11) is 1.63. The summed E-state index contributed by atoms with van der Waals surface area (Å²) in [6, 6.07) is 4.86. The molecule has 0 bridgehead atoms. The molecule has 0 unspecified atom stereocenters. The van der Waals surface area contributed by atoms with Crippen LogP contribution in [0.25, 0.3) is 0 Å². The molecule has 84 valence electrons. The summed E-state index contributed by atoms with van der Waals surface area (Å²) in [6.45, 7) is 2.97. The molecule has 0 amide bonds. The van der Waals surface area contributed by atoms with E-state index >= 15 is 0 Å². The van der Waals surface area contributed by atoms with Crippen molar-refractivity contribution in [1.82, 2.24) is 5.32 Å². The molecule has 1 N–H and O–H groups in total. The molecule has 0 aliphatic heterocycles. The van der Waals surface area contributed by atoms with Gasteiger partial charge in [0, 0.05) is 30.3 Å². The predicted octanol–water partition coefficient (Wildman–Crippen LogP) is 2.60. The monoisotopic (exact) mass is 231 g/mol. The first-order valence-corrected chi connectivity index (χ1v) is 5.18. The van der Waals surface area contributed by atoms with Gasteiger partial charge in [-0.1, -0.05) is 17.7 Å². The molecule has 15 heavy (non-hydrogen) atoms. The van der Waals surface area contributed by atoms with Crippen molar-refractivity contribution >= 4 is 11.6 Å². The van der Waals surface area contributed by atoms with Gasteiger partial charge in [0.25, 0.3) is 0 Å². The van der Waals surface area contributed by atoms with Gasteiger partial charge in [0.15, 0.2) is 0 Å². The van der Waals surface area contributed by atoms with Crippen molar-refractivity contribution in [3.63, 3.8) is 0 Å². The van der Waals surface area contributed by atoms with Crippen molar-refractivity contribution in [2.24, 2.45) is 0 Å². The highest BCUT2D eigenvalue weighted by Crippen LogP contribution is 2.18. The molecule has 0 aliphatic rings. The molecule has 0 aromatic heterocycles. The van der Waals surface area contributed by atoms with E-state index in [2.05, 4.69) is 5.32 Å². The quantitative estimate of drug-likeness (QED) is 0.841. The zero-order valence-corrected chi connectivity index (χ0v) is 9.64. The van der Waals surface area contributed by atoms with E-state index in [4.69, 9.17) is 16.3 Å². The summed E-state index contributed by atoms with van der Waals surface area (Å²) in [5, 5.41) is 3.58. The van der Waals surface area contributed by atoms with Gasteiger partial charge in [-0.2, -0.15) is 0 Å². The van der Waals surface area contributed by atoms with Crippen LogP contribution in [0.2, 0.25) is 5.02 Å². The average molecular weight is 232 g/mol. The molecule has 0 radical (unpaired) electrons. The van der Waals surface area contributed by atoms with Crippen LogP contribution in [0.5, 0.6) is 0 Å². The maximum atomic E-state index is 13.3. The van der Waals surface area contributed by atoms with Gasteiger partial charge in [-0.25, -0.2) is 4.39 Å². The number of hydrogen-bond donors (Lipinski definition) is 1. The Bertz CT molecular complexity index is 299. The highest BCUT2D eigenvalue weighted by atomic mass is 35.5. The first kappa shape index (κ1) is 12.4. The summed E-state index contributed by atoms with van der Waals surface area (Å²) in [5.41, 5.74) is 0.502. The van der Waals surface area contributed by atoms with E-state index in [0.29, 0.717) is 23.7 Å². The number of ether oxygens (including phenoxy) is 1. The van der Waals surface area contributed by atoms with Crippen LogP contribution in [0.4, 0.5) is 4.39 Å². The number of methoxy groups -OCH3 is 1. The standard InChI is InChI=1S/C11H15ClFNO/c1-8(7-15-2)14-6-9-10(12)4-3-5-11(9)13/h3-5,8,14H,6-7H2,1-2H3/t8-/m0/s1. The molecule has 0 saturated carbocycles. The Labute approximate surface area is 94.4 Å². The maximum Gasteiger partial charge on any atom is 0.129 e. The Morgan fingerprint density at radius 1 is 1.53 bits per heavy atom. The van der Waals surface area contributed by atoms with Crippen LogP contribution in [0.15, 0.2) is 18.2 Å². The summed E-state index contributed by atoms with van der Waals surface area (Å²) < 4.78 is 18.3. The van der Waals surface area contributed by atoms with Crippen LogP contribution in [0, 0.1) is 5.82 Å². The first-order valence-electron chi connectivity index (χ1n) is 4.80. The van der Waals surface area contributed by atoms with E-state index in [9.17, 15) is 4.39 Å². The minimum Gasteiger partial charge on any atom is -0.383 e. The Morgan fingerprint density at radius 2 is 2.27 bits per heavy atom. The van der Waals surface area contributed by atoms with Crippen LogP contribution in [-0.2, 0) is 11.3 Å². The Morgan fingerprint density at radius 3 is 2.87 bits per heavy atom. The molecular formula is C11H15ClFNO. The van der Waals surface area contributed by atoms with Gasteiger partial charge in [-0.3, -0.25) is 0 Å². The highest BCUT2D eigenvalue weighted by Gasteiger charge is 2.08. The predicted molar refractivity (Wildman–Crippen MR) is 59.6 cm³/mol. The molecule has 0 spiro atoms. The van der Waals surface area contributed by atoms with Gasteiger partial charge < -0.3 is 10.1 Å². The van der Waals surface area contributed by atoms with Crippen LogP contribution in [-0.4, -0.2) is 19.8 Å². The summed E-state index contributed by atoms with van der Waals surface area (Å²) >= 11 is 5.88. The molecule has 0 fully saturated rings. The number of hydrogen-bond acceptors (Lipinski definition) is 2. The van der Waals surface area contributed by atoms with Crippen molar-refractivity contribution < 1.29 is 9.13 Å². The van der Waals surface area contributed by atoms with E-state index < -0.39 is 0 Å². The lowest BCUT2D eigenvalue weighted by atomic mass is 10.2. The zero-order valence-electron chi connectivity index (χ0n) is 8.89. The molecular weight excluding hydrogens is 217 g/mol. The number of rotatable bonds is 5. The normalized spacial score (nSPS) is 12.8. The topological polar surface area (TPSA) is 21.3 Å². The van der Waals surface area contributed by atoms with Gasteiger partial charge in [0.1, 0.15) is 5.82 Å². The van der Waals surface area contributed by atoms with Crippen molar-refractivity contribution in [3.05, 3.63) is 34.6 Å². The van der Waals surface area contributed by atoms with Gasteiger partial charge in [-0.15, -0.1) is 0 Å². The van der Waals surface area contributed by atoms with Gasteiger partial charge in [-0.05, 0) is 19.1 Å². The second-order valence-electron chi connectivity index (χ2n) is 3.44. The summed E-state index contributed by atoms with van der Waals surface area (Å²) in [4.78, 5) is 0. The second kappa shape index (κ2) is 6.05. The molecule has 0 saturated heterocycles. The van der Waals surface area contributed by atoms with Gasteiger partial charge in [0.05, 0.1) is 6.61 Å². The van der Waals surface area contributed by atoms with Crippen molar-refractivity contribution in [2.45, 2.75) is 19.5 Å². The molecule has 0 heterocycles. The van der Waals surface area contributed by atoms with Crippen LogP contribution in [0.1, 0.15) is 12.5 Å². The average Bonchev–Trinajstić information content (AvgIpc) is 2.17. The summed E-state index contributed by atoms with van der Waals surface area (Å²) in [5.74, 6) is -0.278. The third-order valence-corrected chi connectivity index (χ3v) is 2.46. The zero-order chi connectivity index (χ0) is 11.3. The van der Waals surface area contributed by atoms with E-state index in [1.54, 1.807) is 19.2 Å². The van der Waals surface area contributed by atoms with Crippen LogP contribution >= 0.6 is 11.6 Å². The van der Waals surface area contributed by atoms with Crippen molar-refractivity contribution in [3.8, 4) is 0 Å². The van der Waals surface area contributed by atoms with Crippen LogP contribution in [0.3, 0.4) is 0 Å². The van der Waals surface area contributed by atoms with Crippen LogP contribution < -0.4 is 5.32 Å². The highest BCUT2D eigenvalue weighted by molar-refractivity contribution is 6.31. The summed E-state index contributed by atoms with van der Waals surface area (Å²) in [6.07, 6.45) is 0. The molecule has 4 heteroatoms. The van der Waals surface area contributed by atoms with Gasteiger partial charge >= 0.3 is 0 Å². The molecule has 1 aromatic rings. The Kier molecular flexibility index (Phi) is 5.02. The lowest BCUT2D eigenvalue weighted by molar-refractivity contribution is 0.171. The first-order chi connectivity index (χ1) is 7.15. The Hall–Kier alpha value is -0.640. The Balaban J connectivity index is 2.57. The van der Waals surface area contributed by atoms with E-state index in [-0.39, 0.29) is 11.9 Å². The van der Waals surface area contributed by atoms with Gasteiger partial charge in [0.2, 0.25) is 0 Å². The van der Waals surface area contributed by atoms with E-state index in [1.165, 1.54) is 6.07 Å². The van der Waals surface area contributed by atoms with Crippen molar-refractivity contribution in [1.29, 1.82) is 0 Å². The third kappa shape index (κ3) is 3.78. The third-order valence-electron chi connectivity index (χ3n) is 2.11. The minimum absolute atomic E-state index is 0.172. The SMILES string of the molecule is COC[C@H](C)NCc1c(F)cccc1Cl. The fraction of sp³-hybridized carbons (Fsp3) is 0.455. The second-order valence-corrected chi connectivity index (χ2v) is 3.84.